The van der Waals surface area contributed by atoms with Gasteiger partial charge < -0.3 is 5.32 Å². The lowest BCUT2D eigenvalue weighted by Gasteiger charge is -2.21. The van der Waals surface area contributed by atoms with Gasteiger partial charge >= 0.3 is 0 Å². The molecule has 1 unspecified atom stereocenters. The Labute approximate surface area is 103 Å². The van der Waals surface area contributed by atoms with E-state index in [0.717, 1.165) is 5.92 Å². The van der Waals surface area contributed by atoms with Gasteiger partial charge in [-0.15, -0.1) is 11.8 Å². The molecule has 1 aromatic rings. The van der Waals surface area contributed by atoms with Gasteiger partial charge in [-0.05, 0) is 50.1 Å². The first-order valence-corrected chi connectivity index (χ1v) is 7.42. The smallest absolute Gasteiger partial charge is 0.0353 e. The average molecular weight is 235 g/mol. The second kappa shape index (κ2) is 5.62. The average Bonchev–Trinajstić information content (AvgIpc) is 2.83. The molecule has 1 aliphatic carbocycles. The van der Waals surface area contributed by atoms with Gasteiger partial charge in [-0.2, -0.15) is 0 Å². The molecule has 0 spiro atoms. The predicted molar refractivity (Wildman–Crippen MR) is 73.3 cm³/mol. The zero-order valence-corrected chi connectivity index (χ0v) is 11.0. The van der Waals surface area contributed by atoms with Gasteiger partial charge in [0, 0.05) is 16.6 Å². The minimum Gasteiger partial charge on any atom is -0.382 e. The van der Waals surface area contributed by atoms with Crippen molar-refractivity contribution >= 4 is 17.4 Å². The van der Waals surface area contributed by atoms with Crippen LogP contribution >= 0.6 is 11.8 Å². The summed E-state index contributed by atoms with van der Waals surface area (Å²) in [6, 6.07) is 9.33. The van der Waals surface area contributed by atoms with Gasteiger partial charge in [0.2, 0.25) is 0 Å². The molecule has 1 saturated carbocycles. The van der Waals surface area contributed by atoms with Crippen LogP contribution in [0, 0.1) is 5.92 Å². The van der Waals surface area contributed by atoms with Crippen LogP contribution in [0.3, 0.4) is 0 Å². The van der Waals surface area contributed by atoms with Crippen LogP contribution in [-0.4, -0.2) is 12.3 Å². The van der Waals surface area contributed by atoms with Gasteiger partial charge in [0.15, 0.2) is 0 Å². The number of hydrogen-bond acceptors (Lipinski definition) is 2. The zero-order valence-electron chi connectivity index (χ0n) is 10.2. The molecule has 0 heterocycles. The summed E-state index contributed by atoms with van der Waals surface area (Å²) in [5.74, 6) is 0.873. The van der Waals surface area contributed by atoms with Crippen molar-refractivity contribution in [1.29, 1.82) is 0 Å². The van der Waals surface area contributed by atoms with E-state index >= 15 is 0 Å². The van der Waals surface area contributed by atoms with Gasteiger partial charge in [-0.1, -0.05) is 18.9 Å². The number of rotatable bonds is 4. The van der Waals surface area contributed by atoms with Crippen molar-refractivity contribution in [3.05, 3.63) is 24.3 Å². The quantitative estimate of drug-likeness (QED) is 0.776. The molecule has 2 rings (SSSR count). The molecule has 88 valence electrons. The topological polar surface area (TPSA) is 12.0 Å². The number of benzene rings is 1. The van der Waals surface area contributed by atoms with Crippen molar-refractivity contribution in [2.24, 2.45) is 5.92 Å². The Kier molecular flexibility index (Phi) is 4.16. The highest BCUT2D eigenvalue weighted by Gasteiger charge is 2.21. The van der Waals surface area contributed by atoms with E-state index in [1.54, 1.807) is 11.8 Å². The molecule has 1 nitrogen and oxygen atoms in total. The maximum absolute atomic E-state index is 3.65. The van der Waals surface area contributed by atoms with E-state index < -0.39 is 0 Å². The highest BCUT2D eigenvalue weighted by molar-refractivity contribution is 7.98. The van der Waals surface area contributed by atoms with Gasteiger partial charge in [-0.25, -0.2) is 0 Å². The van der Waals surface area contributed by atoms with Crippen molar-refractivity contribution in [1.82, 2.24) is 0 Å². The summed E-state index contributed by atoms with van der Waals surface area (Å²) in [4.78, 5) is 1.34. The molecule has 0 amide bonds. The van der Waals surface area contributed by atoms with E-state index in [2.05, 4.69) is 42.8 Å². The van der Waals surface area contributed by atoms with Crippen LogP contribution in [-0.2, 0) is 0 Å². The third-order valence-corrected chi connectivity index (χ3v) is 4.30. The van der Waals surface area contributed by atoms with Crippen LogP contribution in [0.25, 0.3) is 0 Å². The molecule has 0 aliphatic heterocycles. The van der Waals surface area contributed by atoms with E-state index in [9.17, 15) is 0 Å². The molecule has 0 aromatic heterocycles. The molecule has 1 fully saturated rings. The van der Waals surface area contributed by atoms with Crippen molar-refractivity contribution in [3.63, 3.8) is 0 Å². The molecule has 0 radical (unpaired) electrons. The molecular weight excluding hydrogens is 214 g/mol. The van der Waals surface area contributed by atoms with Crippen molar-refractivity contribution < 1.29 is 0 Å². The lowest BCUT2D eigenvalue weighted by molar-refractivity contribution is 0.482. The number of thioether (sulfide) groups is 1. The number of hydrogen-bond donors (Lipinski definition) is 1. The summed E-state index contributed by atoms with van der Waals surface area (Å²) in [7, 11) is 0. The molecular formula is C14H21NS. The summed E-state index contributed by atoms with van der Waals surface area (Å²) in [5.41, 5.74) is 1.27. The van der Waals surface area contributed by atoms with E-state index in [1.807, 2.05) is 0 Å². The van der Waals surface area contributed by atoms with Crippen LogP contribution < -0.4 is 5.32 Å². The first kappa shape index (κ1) is 11.8. The highest BCUT2D eigenvalue weighted by Crippen LogP contribution is 2.29. The lowest BCUT2D eigenvalue weighted by atomic mass is 9.99. The van der Waals surface area contributed by atoms with Crippen molar-refractivity contribution in [2.75, 3.05) is 11.6 Å². The Morgan fingerprint density at radius 1 is 1.31 bits per heavy atom. The Balaban J connectivity index is 1.96. The lowest BCUT2D eigenvalue weighted by Crippen LogP contribution is -2.23. The predicted octanol–water partition coefficient (Wildman–Crippen LogP) is 4.40. The summed E-state index contributed by atoms with van der Waals surface area (Å²) < 4.78 is 0. The summed E-state index contributed by atoms with van der Waals surface area (Å²) in [6.45, 7) is 2.32. The standard InChI is InChI=1S/C14H21NS/c1-11(12-6-3-4-7-12)15-13-8-5-9-14(10-13)16-2/h5,8-12,15H,3-4,6-7H2,1-2H3. The fraction of sp³-hybridized carbons (Fsp3) is 0.571. The van der Waals surface area contributed by atoms with Gasteiger partial charge in [0.05, 0.1) is 0 Å². The summed E-state index contributed by atoms with van der Waals surface area (Å²) >= 11 is 1.80. The first-order chi connectivity index (χ1) is 7.79. The molecule has 1 aromatic carbocycles. The van der Waals surface area contributed by atoms with Gasteiger partial charge in [-0.3, -0.25) is 0 Å². The zero-order chi connectivity index (χ0) is 11.4. The maximum Gasteiger partial charge on any atom is 0.0353 e. The van der Waals surface area contributed by atoms with Crippen molar-refractivity contribution in [2.45, 2.75) is 43.5 Å². The van der Waals surface area contributed by atoms with Crippen LogP contribution in [0.2, 0.25) is 0 Å². The van der Waals surface area contributed by atoms with Gasteiger partial charge in [0.25, 0.3) is 0 Å². The van der Waals surface area contributed by atoms with E-state index in [1.165, 1.54) is 36.3 Å². The van der Waals surface area contributed by atoms with Crippen LogP contribution in [0.15, 0.2) is 29.2 Å². The van der Waals surface area contributed by atoms with Crippen LogP contribution in [0.1, 0.15) is 32.6 Å². The van der Waals surface area contributed by atoms with E-state index in [0.29, 0.717) is 6.04 Å². The molecule has 1 atom stereocenters. The first-order valence-electron chi connectivity index (χ1n) is 6.20. The number of nitrogens with one attached hydrogen (secondary N) is 1. The third-order valence-electron chi connectivity index (χ3n) is 3.57. The Morgan fingerprint density at radius 3 is 2.75 bits per heavy atom. The molecule has 2 heteroatoms. The van der Waals surface area contributed by atoms with Crippen LogP contribution in [0.5, 0.6) is 0 Å². The van der Waals surface area contributed by atoms with Crippen LogP contribution in [0.4, 0.5) is 5.69 Å². The van der Waals surface area contributed by atoms with Crippen molar-refractivity contribution in [3.8, 4) is 0 Å². The highest BCUT2D eigenvalue weighted by atomic mass is 32.2. The SMILES string of the molecule is CSc1cccc(NC(C)C2CCCC2)c1. The van der Waals surface area contributed by atoms with E-state index in [-0.39, 0.29) is 0 Å². The monoisotopic (exact) mass is 235 g/mol. The maximum atomic E-state index is 3.65. The second-order valence-electron chi connectivity index (χ2n) is 4.71. The van der Waals surface area contributed by atoms with Gasteiger partial charge in [0.1, 0.15) is 0 Å². The third kappa shape index (κ3) is 2.94. The molecule has 0 bridgehead atoms. The minimum atomic E-state index is 0.611. The largest absolute Gasteiger partial charge is 0.382 e. The molecule has 1 aliphatic rings. The summed E-state index contributed by atoms with van der Waals surface area (Å²) in [5, 5.41) is 3.65. The van der Waals surface area contributed by atoms with E-state index in [4.69, 9.17) is 0 Å². The fourth-order valence-electron chi connectivity index (χ4n) is 2.55. The second-order valence-corrected chi connectivity index (χ2v) is 5.59. The Morgan fingerprint density at radius 2 is 2.06 bits per heavy atom. The fourth-order valence-corrected chi connectivity index (χ4v) is 3.01. The normalized spacial score (nSPS) is 18.6. The number of anilines is 1. The summed E-state index contributed by atoms with van der Waals surface area (Å²) in [6.07, 6.45) is 7.76. The Hall–Kier alpha value is -0.630. The Bertz CT molecular complexity index is 331. The minimum absolute atomic E-state index is 0.611. The molecule has 16 heavy (non-hydrogen) atoms. The molecule has 0 saturated heterocycles. The molecule has 1 N–H and O–H groups in total.